The van der Waals surface area contributed by atoms with Crippen LogP contribution in [0.2, 0.25) is 0 Å². The van der Waals surface area contributed by atoms with E-state index in [2.05, 4.69) is 54.6 Å². The molecule has 1 amide bonds. The van der Waals surface area contributed by atoms with Gasteiger partial charge in [0.2, 0.25) is 0 Å². The van der Waals surface area contributed by atoms with Gasteiger partial charge in [-0.15, -0.1) is 0 Å². The molecule has 4 heteroatoms. The lowest BCUT2D eigenvalue weighted by molar-refractivity contribution is 0.0930. The molecule has 142 valence electrons. The van der Waals surface area contributed by atoms with Gasteiger partial charge in [-0.1, -0.05) is 39.2 Å². The van der Waals surface area contributed by atoms with Crippen molar-refractivity contribution in [2.75, 3.05) is 11.9 Å². The van der Waals surface area contributed by atoms with Gasteiger partial charge in [0.15, 0.2) is 0 Å². The molecule has 1 aliphatic carbocycles. The molecule has 2 aliphatic rings. The van der Waals surface area contributed by atoms with Crippen LogP contribution in [0.25, 0.3) is 11.1 Å². The normalized spacial score (nSPS) is 19.3. The highest BCUT2D eigenvalue weighted by Crippen LogP contribution is 2.35. The fourth-order valence-corrected chi connectivity index (χ4v) is 4.33. The molecule has 2 N–H and O–H groups in total. The highest BCUT2D eigenvalue weighted by atomic mass is 16.1. The Morgan fingerprint density at radius 3 is 2.67 bits per heavy atom. The Labute approximate surface area is 161 Å². The summed E-state index contributed by atoms with van der Waals surface area (Å²) in [7, 11) is 0. The third-order valence-electron chi connectivity index (χ3n) is 6.06. The molecule has 2 aromatic rings. The summed E-state index contributed by atoms with van der Waals surface area (Å²) in [5, 5.41) is 6.62. The van der Waals surface area contributed by atoms with Crippen molar-refractivity contribution in [1.29, 1.82) is 0 Å². The molecule has 0 bridgehead atoms. The van der Waals surface area contributed by atoms with Crippen LogP contribution in [0.5, 0.6) is 0 Å². The maximum absolute atomic E-state index is 12.2. The van der Waals surface area contributed by atoms with Gasteiger partial charge in [0, 0.05) is 29.8 Å². The van der Waals surface area contributed by atoms with E-state index in [1.165, 1.54) is 37.7 Å². The van der Waals surface area contributed by atoms with Crippen LogP contribution in [0.4, 0.5) is 5.82 Å². The molecule has 1 aromatic carbocycles. The molecule has 1 aromatic heterocycles. The van der Waals surface area contributed by atoms with E-state index in [-0.39, 0.29) is 11.3 Å². The molecular formula is C23H29N3O. The molecule has 1 aliphatic heterocycles. The Morgan fingerprint density at radius 1 is 1.11 bits per heavy atom. The first kappa shape index (κ1) is 18.0. The number of pyridine rings is 1. The molecule has 1 fully saturated rings. The average molecular weight is 364 g/mol. The van der Waals surface area contributed by atoms with Crippen LogP contribution < -0.4 is 10.6 Å². The number of nitrogens with one attached hydrogen (secondary N) is 2. The molecule has 0 unspecified atom stereocenters. The number of nitrogens with zero attached hydrogens (tertiary/aromatic N) is 1. The lowest BCUT2D eigenvalue weighted by Crippen LogP contribution is -2.43. The molecule has 2 heterocycles. The van der Waals surface area contributed by atoms with E-state index in [4.69, 9.17) is 0 Å². The van der Waals surface area contributed by atoms with Crippen LogP contribution in [0, 0.1) is 6.92 Å². The van der Waals surface area contributed by atoms with Crippen molar-refractivity contribution >= 4 is 11.7 Å². The van der Waals surface area contributed by atoms with Crippen molar-refractivity contribution in [3.05, 3.63) is 47.2 Å². The summed E-state index contributed by atoms with van der Waals surface area (Å²) in [6, 6.07) is 8.93. The molecule has 0 spiro atoms. The number of rotatable bonds is 3. The number of amides is 1. The summed E-state index contributed by atoms with van der Waals surface area (Å²) in [6.45, 7) is 7.14. The van der Waals surface area contributed by atoms with Crippen molar-refractivity contribution in [1.82, 2.24) is 10.3 Å². The summed E-state index contributed by atoms with van der Waals surface area (Å²) in [5.41, 5.74) is 5.35. The van der Waals surface area contributed by atoms with Gasteiger partial charge in [-0.3, -0.25) is 4.79 Å². The van der Waals surface area contributed by atoms with E-state index in [1.54, 1.807) is 0 Å². The standard InChI is InChI=1S/C23H29N3O/c1-15-13-24-21(26-17-7-5-4-6-8-17)12-19(15)16-9-10-18-20(11-16)23(2,3)14-25-22(18)27/h9-13,17H,4-8,14H2,1-3H3,(H,24,26)(H,25,27). The fraction of sp³-hybridized carbons (Fsp3) is 0.478. The maximum Gasteiger partial charge on any atom is 0.251 e. The van der Waals surface area contributed by atoms with Crippen LogP contribution in [-0.4, -0.2) is 23.5 Å². The number of fused-ring (bicyclic) bond motifs is 1. The van der Waals surface area contributed by atoms with Gasteiger partial charge >= 0.3 is 0 Å². The number of anilines is 1. The van der Waals surface area contributed by atoms with Crippen molar-refractivity contribution in [3.63, 3.8) is 0 Å². The van der Waals surface area contributed by atoms with Gasteiger partial charge in [-0.2, -0.15) is 0 Å². The number of hydrogen-bond acceptors (Lipinski definition) is 3. The summed E-state index contributed by atoms with van der Waals surface area (Å²) < 4.78 is 0. The van der Waals surface area contributed by atoms with Crippen LogP contribution >= 0.6 is 0 Å². The molecule has 1 saturated carbocycles. The minimum absolute atomic E-state index is 0.0296. The van der Waals surface area contributed by atoms with E-state index in [1.807, 2.05) is 12.3 Å². The van der Waals surface area contributed by atoms with Crippen molar-refractivity contribution in [2.24, 2.45) is 0 Å². The second kappa shape index (κ2) is 6.99. The van der Waals surface area contributed by atoms with Crippen molar-refractivity contribution in [3.8, 4) is 11.1 Å². The summed E-state index contributed by atoms with van der Waals surface area (Å²) in [6.07, 6.45) is 8.37. The van der Waals surface area contributed by atoms with Crippen molar-refractivity contribution in [2.45, 2.75) is 64.3 Å². The number of carbonyl (C=O) groups is 1. The van der Waals surface area contributed by atoms with Crippen molar-refractivity contribution < 1.29 is 4.79 Å². The zero-order valence-electron chi connectivity index (χ0n) is 16.6. The van der Waals surface area contributed by atoms with Gasteiger partial charge < -0.3 is 10.6 Å². The van der Waals surface area contributed by atoms with Crippen LogP contribution in [0.3, 0.4) is 0 Å². The molecule has 27 heavy (non-hydrogen) atoms. The largest absolute Gasteiger partial charge is 0.367 e. The predicted octanol–water partition coefficient (Wildman–Crippen LogP) is 4.82. The van der Waals surface area contributed by atoms with E-state index in [0.29, 0.717) is 12.6 Å². The maximum atomic E-state index is 12.2. The first-order valence-electron chi connectivity index (χ1n) is 10.1. The van der Waals surface area contributed by atoms with Gasteiger partial charge in [0.25, 0.3) is 5.91 Å². The smallest absolute Gasteiger partial charge is 0.251 e. The Bertz CT molecular complexity index is 866. The molecule has 0 radical (unpaired) electrons. The molecule has 4 nitrogen and oxygen atoms in total. The number of benzene rings is 1. The first-order chi connectivity index (χ1) is 12.9. The molecular weight excluding hydrogens is 334 g/mol. The highest BCUT2D eigenvalue weighted by molar-refractivity contribution is 5.98. The molecule has 0 saturated heterocycles. The van der Waals surface area contributed by atoms with E-state index < -0.39 is 0 Å². The second-order valence-electron chi connectivity index (χ2n) is 8.69. The second-order valence-corrected chi connectivity index (χ2v) is 8.69. The zero-order valence-corrected chi connectivity index (χ0v) is 16.6. The summed E-state index contributed by atoms with van der Waals surface area (Å²) in [5.74, 6) is 0.985. The SMILES string of the molecule is Cc1cnc(NC2CCCCC2)cc1-c1ccc2c(c1)C(C)(C)CNC2=O. The van der Waals surface area contributed by atoms with Gasteiger partial charge in [0.1, 0.15) is 5.82 Å². The third kappa shape index (κ3) is 3.58. The molecule has 0 atom stereocenters. The highest BCUT2D eigenvalue weighted by Gasteiger charge is 2.31. The lowest BCUT2D eigenvalue weighted by Gasteiger charge is -2.33. The fourth-order valence-electron chi connectivity index (χ4n) is 4.33. The minimum Gasteiger partial charge on any atom is -0.367 e. The van der Waals surface area contributed by atoms with Crippen LogP contribution in [0.1, 0.15) is 67.4 Å². The monoisotopic (exact) mass is 363 g/mol. The minimum atomic E-state index is -0.0661. The third-order valence-corrected chi connectivity index (χ3v) is 6.06. The molecule has 4 rings (SSSR count). The quantitative estimate of drug-likeness (QED) is 0.822. The Kier molecular flexibility index (Phi) is 4.67. The van der Waals surface area contributed by atoms with E-state index in [0.717, 1.165) is 28.1 Å². The number of aryl methyl sites for hydroxylation is 1. The topological polar surface area (TPSA) is 54.0 Å². The zero-order chi connectivity index (χ0) is 19.0. The number of hydrogen-bond donors (Lipinski definition) is 2. The van der Waals surface area contributed by atoms with Gasteiger partial charge in [0.05, 0.1) is 0 Å². The van der Waals surface area contributed by atoms with Crippen LogP contribution in [0.15, 0.2) is 30.5 Å². The number of aromatic nitrogens is 1. The van der Waals surface area contributed by atoms with E-state index in [9.17, 15) is 4.79 Å². The Hall–Kier alpha value is -2.36. The Morgan fingerprint density at radius 2 is 1.89 bits per heavy atom. The average Bonchev–Trinajstić information content (AvgIpc) is 2.67. The van der Waals surface area contributed by atoms with Gasteiger partial charge in [-0.05, 0) is 60.2 Å². The summed E-state index contributed by atoms with van der Waals surface area (Å²) >= 11 is 0. The first-order valence-corrected chi connectivity index (χ1v) is 10.1. The summed E-state index contributed by atoms with van der Waals surface area (Å²) in [4.78, 5) is 16.8. The van der Waals surface area contributed by atoms with E-state index >= 15 is 0 Å². The lowest BCUT2D eigenvalue weighted by atomic mass is 9.77. The Balaban J connectivity index is 1.69. The number of carbonyl (C=O) groups excluding carboxylic acids is 1. The predicted molar refractivity (Wildman–Crippen MR) is 110 cm³/mol. The van der Waals surface area contributed by atoms with Crippen LogP contribution in [-0.2, 0) is 5.41 Å². The van der Waals surface area contributed by atoms with Gasteiger partial charge in [-0.25, -0.2) is 4.98 Å².